The summed E-state index contributed by atoms with van der Waals surface area (Å²) in [6.07, 6.45) is 1.52. The van der Waals surface area contributed by atoms with Gasteiger partial charge in [0.15, 0.2) is 6.61 Å². The number of hydrogen-bond acceptors (Lipinski definition) is 4. The van der Waals surface area contributed by atoms with Crippen LogP contribution in [0.1, 0.15) is 31.9 Å². The van der Waals surface area contributed by atoms with E-state index in [1.165, 1.54) is 6.21 Å². The molecule has 0 aromatic heterocycles. The maximum Gasteiger partial charge on any atom is 0.277 e. The third-order valence-corrected chi connectivity index (χ3v) is 4.73. The Morgan fingerprint density at radius 1 is 1.22 bits per heavy atom. The molecular weight excluding hydrogens is 476 g/mol. The van der Waals surface area contributed by atoms with Crippen LogP contribution in [0, 0.1) is 0 Å². The lowest BCUT2D eigenvalue weighted by Crippen LogP contribution is -2.25. The highest BCUT2D eigenvalue weighted by atomic mass is 79.9. The summed E-state index contributed by atoms with van der Waals surface area (Å²) in [6.45, 7) is 6.18. The van der Waals surface area contributed by atoms with Crippen molar-refractivity contribution >= 4 is 44.0 Å². The molecule has 0 atom stereocenters. The Bertz CT molecular complexity index is 846. The molecule has 0 saturated carbocycles. The SMILES string of the molecule is COc1c(Br)cc(Br)cc1/C=N\NC(=O)COc1ccccc1C(C)(C)C. The first-order chi connectivity index (χ1) is 12.7. The van der Waals surface area contributed by atoms with Gasteiger partial charge < -0.3 is 9.47 Å². The van der Waals surface area contributed by atoms with E-state index < -0.39 is 0 Å². The summed E-state index contributed by atoms with van der Waals surface area (Å²) in [5.74, 6) is 0.983. The Hall–Kier alpha value is -1.86. The van der Waals surface area contributed by atoms with Gasteiger partial charge in [-0.3, -0.25) is 4.79 Å². The number of nitrogens with one attached hydrogen (secondary N) is 1. The lowest BCUT2D eigenvalue weighted by molar-refractivity contribution is -0.123. The zero-order chi connectivity index (χ0) is 20.0. The fourth-order valence-corrected chi connectivity index (χ4v) is 3.87. The molecule has 0 aliphatic rings. The molecule has 1 N–H and O–H groups in total. The average molecular weight is 498 g/mol. The average Bonchev–Trinajstić information content (AvgIpc) is 2.59. The Balaban J connectivity index is 1.99. The molecule has 0 radical (unpaired) electrons. The largest absolute Gasteiger partial charge is 0.495 e. The standard InChI is InChI=1S/C20H22Br2N2O3/c1-20(2,3)15-7-5-6-8-17(15)27-12-18(25)24-23-11-13-9-14(21)10-16(22)19(13)26-4/h5-11H,12H2,1-4H3,(H,24,25)/b23-11-. The molecule has 0 saturated heterocycles. The fraction of sp³-hybridized carbons (Fsp3) is 0.300. The predicted molar refractivity (Wildman–Crippen MR) is 115 cm³/mol. The van der Waals surface area contributed by atoms with Gasteiger partial charge in [0.05, 0.1) is 17.8 Å². The molecule has 27 heavy (non-hydrogen) atoms. The first-order valence-corrected chi connectivity index (χ1v) is 9.88. The highest BCUT2D eigenvalue weighted by Crippen LogP contribution is 2.32. The molecule has 7 heteroatoms. The van der Waals surface area contributed by atoms with Crippen LogP contribution in [0.15, 0.2) is 50.4 Å². The van der Waals surface area contributed by atoms with E-state index in [4.69, 9.17) is 9.47 Å². The van der Waals surface area contributed by atoms with Gasteiger partial charge in [0.25, 0.3) is 5.91 Å². The molecule has 144 valence electrons. The second kappa shape index (κ2) is 9.37. The van der Waals surface area contributed by atoms with Crippen molar-refractivity contribution in [1.82, 2.24) is 5.43 Å². The number of amides is 1. The van der Waals surface area contributed by atoms with Gasteiger partial charge in [-0.15, -0.1) is 0 Å². The summed E-state index contributed by atoms with van der Waals surface area (Å²) in [5, 5.41) is 3.99. The normalized spacial score (nSPS) is 11.5. The monoisotopic (exact) mass is 496 g/mol. The molecule has 2 aromatic rings. The van der Waals surface area contributed by atoms with E-state index >= 15 is 0 Å². The van der Waals surface area contributed by atoms with Gasteiger partial charge in [-0.1, -0.05) is 54.9 Å². The van der Waals surface area contributed by atoms with Crippen LogP contribution in [0.5, 0.6) is 11.5 Å². The van der Waals surface area contributed by atoms with Crippen molar-refractivity contribution < 1.29 is 14.3 Å². The van der Waals surface area contributed by atoms with E-state index in [9.17, 15) is 4.79 Å². The molecule has 5 nitrogen and oxygen atoms in total. The highest BCUT2D eigenvalue weighted by molar-refractivity contribution is 9.11. The van der Waals surface area contributed by atoms with E-state index in [1.54, 1.807) is 7.11 Å². The molecule has 0 bridgehead atoms. The van der Waals surface area contributed by atoms with Crippen LogP contribution in [-0.2, 0) is 10.2 Å². The van der Waals surface area contributed by atoms with Crippen molar-refractivity contribution in [1.29, 1.82) is 0 Å². The summed E-state index contributed by atoms with van der Waals surface area (Å²) in [6, 6.07) is 11.4. The van der Waals surface area contributed by atoms with Gasteiger partial charge >= 0.3 is 0 Å². The number of halogens is 2. The van der Waals surface area contributed by atoms with E-state index in [0.717, 1.165) is 20.1 Å². The van der Waals surface area contributed by atoms with Crippen molar-refractivity contribution in [3.05, 3.63) is 56.5 Å². The molecule has 1 amide bonds. The Labute approximate surface area is 176 Å². The van der Waals surface area contributed by atoms with Gasteiger partial charge in [0, 0.05) is 10.0 Å². The summed E-state index contributed by atoms with van der Waals surface area (Å²) >= 11 is 6.84. The molecule has 0 aliphatic heterocycles. The second-order valence-corrected chi connectivity index (χ2v) is 8.61. The number of ether oxygens (including phenoxy) is 2. The van der Waals surface area contributed by atoms with Crippen LogP contribution in [-0.4, -0.2) is 25.8 Å². The van der Waals surface area contributed by atoms with Crippen LogP contribution >= 0.6 is 31.9 Å². The van der Waals surface area contributed by atoms with Crippen LogP contribution in [0.4, 0.5) is 0 Å². The maximum atomic E-state index is 12.1. The Kier molecular flexibility index (Phi) is 7.44. The molecule has 0 aliphatic carbocycles. The molecule has 0 spiro atoms. The third-order valence-electron chi connectivity index (χ3n) is 3.69. The van der Waals surface area contributed by atoms with Gasteiger partial charge in [0.1, 0.15) is 11.5 Å². The molecule has 0 heterocycles. The first-order valence-electron chi connectivity index (χ1n) is 8.29. The van der Waals surface area contributed by atoms with E-state index in [2.05, 4.69) is 63.2 Å². The van der Waals surface area contributed by atoms with Crippen molar-refractivity contribution in [3.8, 4) is 11.5 Å². The van der Waals surface area contributed by atoms with Crippen molar-refractivity contribution in [2.24, 2.45) is 5.10 Å². The summed E-state index contributed by atoms with van der Waals surface area (Å²) in [7, 11) is 1.57. The number of carbonyl (C=O) groups excluding carboxylic acids is 1. The molecule has 0 unspecified atom stereocenters. The number of nitrogens with zero attached hydrogens (tertiary/aromatic N) is 1. The summed E-state index contributed by atoms with van der Waals surface area (Å²) < 4.78 is 12.7. The highest BCUT2D eigenvalue weighted by Gasteiger charge is 2.18. The lowest BCUT2D eigenvalue weighted by Gasteiger charge is -2.22. The Morgan fingerprint density at radius 2 is 1.93 bits per heavy atom. The van der Waals surface area contributed by atoms with Crippen LogP contribution in [0.2, 0.25) is 0 Å². The topological polar surface area (TPSA) is 59.9 Å². The smallest absolute Gasteiger partial charge is 0.277 e. The Morgan fingerprint density at radius 3 is 2.59 bits per heavy atom. The quantitative estimate of drug-likeness (QED) is 0.449. The fourth-order valence-electron chi connectivity index (χ4n) is 2.45. The number of hydrazone groups is 1. The van der Waals surface area contributed by atoms with Gasteiger partial charge in [-0.2, -0.15) is 5.10 Å². The van der Waals surface area contributed by atoms with Crippen molar-refractivity contribution in [2.75, 3.05) is 13.7 Å². The van der Waals surface area contributed by atoms with Crippen LogP contribution in [0.25, 0.3) is 0 Å². The second-order valence-electron chi connectivity index (χ2n) is 6.84. The first kappa shape index (κ1) is 21.4. The van der Waals surface area contributed by atoms with Gasteiger partial charge in [0.2, 0.25) is 0 Å². The zero-order valence-corrected chi connectivity index (χ0v) is 18.8. The zero-order valence-electron chi connectivity index (χ0n) is 15.7. The molecular formula is C20H22Br2N2O3. The lowest BCUT2D eigenvalue weighted by atomic mass is 9.86. The minimum atomic E-state index is -0.344. The number of carbonyl (C=O) groups is 1. The summed E-state index contributed by atoms with van der Waals surface area (Å²) in [4.78, 5) is 12.1. The molecule has 2 aromatic carbocycles. The number of benzene rings is 2. The van der Waals surface area contributed by atoms with Crippen LogP contribution in [0.3, 0.4) is 0 Å². The van der Waals surface area contributed by atoms with Gasteiger partial charge in [-0.05, 0) is 45.1 Å². The number of methoxy groups -OCH3 is 1. The minimum Gasteiger partial charge on any atom is -0.495 e. The van der Waals surface area contributed by atoms with E-state index in [0.29, 0.717) is 11.5 Å². The number of rotatable bonds is 6. The molecule has 0 fully saturated rings. The van der Waals surface area contributed by atoms with Crippen molar-refractivity contribution in [2.45, 2.75) is 26.2 Å². The third kappa shape index (κ3) is 6.07. The maximum absolute atomic E-state index is 12.1. The summed E-state index contributed by atoms with van der Waals surface area (Å²) in [5.41, 5.74) is 4.16. The number of hydrogen-bond donors (Lipinski definition) is 1. The minimum absolute atomic E-state index is 0.0736. The molecule has 2 rings (SSSR count). The van der Waals surface area contributed by atoms with E-state index in [-0.39, 0.29) is 17.9 Å². The number of para-hydroxylation sites is 1. The van der Waals surface area contributed by atoms with Crippen molar-refractivity contribution in [3.63, 3.8) is 0 Å². The van der Waals surface area contributed by atoms with Crippen LogP contribution < -0.4 is 14.9 Å². The van der Waals surface area contributed by atoms with E-state index in [1.807, 2.05) is 36.4 Å². The predicted octanol–water partition coefficient (Wildman–Crippen LogP) is 5.05. The van der Waals surface area contributed by atoms with Gasteiger partial charge in [-0.25, -0.2) is 5.43 Å².